The second-order valence-electron chi connectivity index (χ2n) is 6.58. The Hall–Kier alpha value is -3.49. The molecule has 3 aromatic rings. The van der Waals surface area contributed by atoms with E-state index in [4.69, 9.17) is 4.74 Å². The number of hydrogen-bond acceptors (Lipinski definition) is 6. The molecule has 1 amide bonds. The third-order valence-electron chi connectivity index (χ3n) is 4.75. The van der Waals surface area contributed by atoms with Gasteiger partial charge in [-0.25, -0.2) is 9.97 Å². The summed E-state index contributed by atoms with van der Waals surface area (Å²) in [7, 11) is 1.54. The quantitative estimate of drug-likeness (QED) is 0.577. The summed E-state index contributed by atoms with van der Waals surface area (Å²) in [6.45, 7) is 4.97. The fourth-order valence-corrected chi connectivity index (χ4v) is 3.31. The first-order valence-electron chi connectivity index (χ1n) is 9.16. The number of fused-ring (bicyclic) bond motifs is 1. The number of anilines is 1. The molecule has 1 aromatic carbocycles. The van der Waals surface area contributed by atoms with Gasteiger partial charge >= 0.3 is 0 Å². The van der Waals surface area contributed by atoms with Crippen LogP contribution in [-0.4, -0.2) is 39.2 Å². The molecule has 3 N–H and O–H groups in total. The minimum atomic E-state index is -0.684. The van der Waals surface area contributed by atoms with E-state index >= 15 is 0 Å². The molecule has 148 valence electrons. The Bertz CT molecular complexity index is 1080. The molecular formula is C21H21N5O3. The highest BCUT2D eigenvalue weighted by Gasteiger charge is 2.19. The molecular weight excluding hydrogens is 370 g/mol. The minimum absolute atomic E-state index is 0.332. The molecule has 0 aliphatic carbocycles. The number of aromatic nitrogens is 3. The molecule has 8 nitrogen and oxygen atoms in total. The van der Waals surface area contributed by atoms with E-state index in [9.17, 15) is 9.90 Å². The number of benzene rings is 1. The van der Waals surface area contributed by atoms with Crippen molar-refractivity contribution in [2.45, 2.75) is 12.8 Å². The normalized spacial score (nSPS) is 15.4. The number of amides is 1. The van der Waals surface area contributed by atoms with Crippen molar-refractivity contribution >= 4 is 11.6 Å². The topological polar surface area (TPSA) is 101 Å². The SMILES string of the molecule is C=CC(=O)Nc1cc(-c2nccc(-c3cc4n(c3)CCNC4O)n2)ccc1OC. The summed E-state index contributed by atoms with van der Waals surface area (Å²) in [6, 6.07) is 9.10. The van der Waals surface area contributed by atoms with Gasteiger partial charge in [-0.1, -0.05) is 6.58 Å². The number of rotatable bonds is 5. The lowest BCUT2D eigenvalue weighted by atomic mass is 10.1. The number of nitrogens with zero attached hydrogens (tertiary/aromatic N) is 3. The number of aliphatic hydroxyl groups is 1. The molecule has 1 aliphatic heterocycles. The Balaban J connectivity index is 1.70. The summed E-state index contributed by atoms with van der Waals surface area (Å²) >= 11 is 0. The molecule has 0 radical (unpaired) electrons. The van der Waals surface area contributed by atoms with Crippen molar-refractivity contribution < 1.29 is 14.6 Å². The zero-order valence-electron chi connectivity index (χ0n) is 15.9. The standard InChI is InChI=1S/C21H21N5O3/c1-3-19(27)24-16-10-13(4-5-18(16)29-2)20-22-7-6-15(25-20)14-11-17-21(28)23-8-9-26(17)12-14/h3-7,10-12,21,23,28H,1,8-9H2,2H3,(H,24,27). The van der Waals surface area contributed by atoms with Gasteiger partial charge in [-0.05, 0) is 36.4 Å². The Kier molecular flexibility index (Phi) is 5.11. The van der Waals surface area contributed by atoms with E-state index in [0.29, 0.717) is 23.8 Å². The van der Waals surface area contributed by atoms with Crippen LogP contribution in [0.1, 0.15) is 11.9 Å². The maximum atomic E-state index is 11.7. The van der Waals surface area contributed by atoms with Crippen molar-refractivity contribution in [1.82, 2.24) is 19.9 Å². The number of nitrogens with one attached hydrogen (secondary N) is 2. The van der Waals surface area contributed by atoms with Gasteiger partial charge in [0.25, 0.3) is 0 Å². The lowest BCUT2D eigenvalue weighted by Gasteiger charge is -2.21. The number of ether oxygens (including phenoxy) is 1. The first-order chi connectivity index (χ1) is 14.1. The van der Waals surface area contributed by atoms with Gasteiger partial charge in [-0.15, -0.1) is 0 Å². The molecule has 4 rings (SSSR count). The summed E-state index contributed by atoms with van der Waals surface area (Å²) < 4.78 is 7.33. The third-order valence-corrected chi connectivity index (χ3v) is 4.75. The highest BCUT2D eigenvalue weighted by Crippen LogP contribution is 2.31. The highest BCUT2D eigenvalue weighted by molar-refractivity contribution is 6.00. The molecule has 1 unspecified atom stereocenters. The minimum Gasteiger partial charge on any atom is -0.495 e. The Labute approximate surface area is 167 Å². The van der Waals surface area contributed by atoms with Crippen LogP contribution in [0.4, 0.5) is 5.69 Å². The van der Waals surface area contributed by atoms with Crippen LogP contribution in [0.5, 0.6) is 5.75 Å². The van der Waals surface area contributed by atoms with Gasteiger partial charge < -0.3 is 19.7 Å². The summed E-state index contributed by atoms with van der Waals surface area (Å²) in [5, 5.41) is 15.9. The lowest BCUT2D eigenvalue weighted by molar-refractivity contribution is -0.111. The molecule has 0 fully saturated rings. The number of carbonyl (C=O) groups excluding carboxylic acids is 1. The van der Waals surface area contributed by atoms with Crippen molar-refractivity contribution in [2.75, 3.05) is 19.0 Å². The molecule has 1 atom stereocenters. The van der Waals surface area contributed by atoms with Crippen LogP contribution in [0.15, 0.2) is 55.4 Å². The van der Waals surface area contributed by atoms with Crippen LogP contribution < -0.4 is 15.4 Å². The van der Waals surface area contributed by atoms with Gasteiger partial charge in [-0.3, -0.25) is 10.1 Å². The lowest BCUT2D eigenvalue weighted by Crippen LogP contribution is -2.32. The van der Waals surface area contributed by atoms with Gasteiger partial charge in [0.2, 0.25) is 5.91 Å². The van der Waals surface area contributed by atoms with Crippen LogP contribution in [0.25, 0.3) is 22.6 Å². The van der Waals surface area contributed by atoms with Crippen molar-refractivity contribution in [3.8, 4) is 28.4 Å². The van der Waals surface area contributed by atoms with Crippen molar-refractivity contribution in [2.24, 2.45) is 0 Å². The van der Waals surface area contributed by atoms with Crippen LogP contribution in [0.3, 0.4) is 0 Å². The van der Waals surface area contributed by atoms with Crippen molar-refractivity contribution in [1.29, 1.82) is 0 Å². The van der Waals surface area contributed by atoms with Crippen LogP contribution in [-0.2, 0) is 11.3 Å². The predicted octanol–water partition coefficient (Wildman–Crippen LogP) is 2.34. The van der Waals surface area contributed by atoms with Gasteiger partial charge in [0.15, 0.2) is 5.82 Å². The third kappa shape index (κ3) is 3.75. The smallest absolute Gasteiger partial charge is 0.247 e. The number of aliphatic hydroxyl groups excluding tert-OH is 1. The first-order valence-corrected chi connectivity index (χ1v) is 9.16. The van der Waals surface area contributed by atoms with E-state index in [1.54, 1.807) is 18.3 Å². The maximum absolute atomic E-state index is 11.7. The summed E-state index contributed by atoms with van der Waals surface area (Å²) in [4.78, 5) is 20.8. The van der Waals surface area contributed by atoms with Gasteiger partial charge in [-0.2, -0.15) is 0 Å². The Morgan fingerprint density at radius 2 is 2.24 bits per heavy atom. The monoisotopic (exact) mass is 391 g/mol. The number of methoxy groups -OCH3 is 1. The molecule has 0 saturated heterocycles. The summed E-state index contributed by atoms with van der Waals surface area (Å²) in [5.74, 6) is 0.713. The van der Waals surface area contributed by atoms with E-state index in [-0.39, 0.29) is 5.91 Å². The summed E-state index contributed by atoms with van der Waals surface area (Å²) in [5.41, 5.74) is 3.71. The largest absolute Gasteiger partial charge is 0.495 e. The second kappa shape index (κ2) is 7.86. The molecule has 0 saturated carbocycles. The predicted molar refractivity (Wildman–Crippen MR) is 109 cm³/mol. The van der Waals surface area contributed by atoms with E-state index in [0.717, 1.165) is 29.1 Å². The van der Waals surface area contributed by atoms with Crippen molar-refractivity contribution in [3.63, 3.8) is 0 Å². The van der Waals surface area contributed by atoms with Crippen LogP contribution in [0, 0.1) is 0 Å². The molecule has 8 heteroatoms. The number of carbonyl (C=O) groups is 1. The van der Waals surface area contributed by atoms with E-state index < -0.39 is 6.23 Å². The molecule has 2 aromatic heterocycles. The van der Waals surface area contributed by atoms with E-state index in [1.165, 1.54) is 13.2 Å². The Morgan fingerprint density at radius 1 is 1.38 bits per heavy atom. The van der Waals surface area contributed by atoms with Crippen molar-refractivity contribution in [3.05, 3.63) is 61.1 Å². The highest BCUT2D eigenvalue weighted by atomic mass is 16.5. The zero-order valence-corrected chi connectivity index (χ0v) is 15.9. The van der Waals surface area contributed by atoms with Gasteiger partial charge in [0.05, 0.1) is 24.2 Å². The molecule has 3 heterocycles. The molecule has 1 aliphatic rings. The summed E-state index contributed by atoms with van der Waals surface area (Å²) in [6.07, 6.45) is 4.18. The zero-order chi connectivity index (χ0) is 20.4. The fraction of sp³-hybridized carbons (Fsp3) is 0.190. The molecule has 0 bridgehead atoms. The van der Waals surface area contributed by atoms with E-state index in [1.807, 2.05) is 29.0 Å². The fourth-order valence-electron chi connectivity index (χ4n) is 3.31. The average Bonchev–Trinajstić information content (AvgIpc) is 3.19. The van der Waals surface area contributed by atoms with Crippen LogP contribution >= 0.6 is 0 Å². The number of hydrogen-bond donors (Lipinski definition) is 3. The molecule has 0 spiro atoms. The van der Waals surface area contributed by atoms with Crippen LogP contribution in [0.2, 0.25) is 0 Å². The van der Waals surface area contributed by atoms with Gasteiger partial charge in [0.1, 0.15) is 12.0 Å². The maximum Gasteiger partial charge on any atom is 0.247 e. The van der Waals surface area contributed by atoms with Gasteiger partial charge in [0, 0.05) is 36.6 Å². The average molecular weight is 391 g/mol. The Morgan fingerprint density at radius 3 is 3.00 bits per heavy atom. The first kappa shape index (κ1) is 18.9. The van der Waals surface area contributed by atoms with E-state index in [2.05, 4.69) is 27.2 Å². The second-order valence-corrected chi connectivity index (χ2v) is 6.58. The molecule has 29 heavy (non-hydrogen) atoms.